The van der Waals surface area contributed by atoms with Crippen molar-refractivity contribution in [3.63, 3.8) is 0 Å². The molecule has 5 aromatic carbocycles. The van der Waals surface area contributed by atoms with Gasteiger partial charge in [0.2, 0.25) is 0 Å². The van der Waals surface area contributed by atoms with Gasteiger partial charge in [-0.15, -0.1) is 0 Å². The van der Waals surface area contributed by atoms with Gasteiger partial charge in [0, 0.05) is 51.0 Å². The lowest BCUT2D eigenvalue weighted by molar-refractivity contribution is 0.595. The van der Waals surface area contributed by atoms with Crippen LogP contribution >= 0.6 is 0 Å². The number of anilines is 1. The van der Waals surface area contributed by atoms with Gasteiger partial charge in [0.25, 0.3) is 0 Å². The number of fused-ring (bicyclic) bond motifs is 8. The maximum absolute atomic E-state index is 6.44. The Hall–Kier alpha value is -5.28. The molecule has 2 aliphatic rings. The third kappa shape index (κ3) is 4.42. The molecule has 3 heteroatoms. The molecule has 220 valence electrons. The molecule has 0 radical (unpaired) electrons. The summed E-state index contributed by atoms with van der Waals surface area (Å²) in [7, 11) is 0. The van der Waals surface area contributed by atoms with Crippen molar-refractivity contribution < 1.29 is 4.42 Å². The van der Waals surface area contributed by atoms with Crippen LogP contribution in [0.1, 0.15) is 60.4 Å². The molecule has 2 atom stereocenters. The second kappa shape index (κ2) is 11.3. The minimum Gasteiger partial charge on any atom is -0.456 e. The van der Waals surface area contributed by atoms with Gasteiger partial charge in [-0.25, -0.2) is 0 Å². The van der Waals surface area contributed by atoms with Crippen LogP contribution in [-0.2, 0) is 6.42 Å². The third-order valence-electron chi connectivity index (χ3n) is 9.26. The van der Waals surface area contributed by atoms with Crippen LogP contribution in [0.4, 0.5) is 5.69 Å². The fourth-order valence-electron chi connectivity index (χ4n) is 7.44. The highest BCUT2D eigenvalue weighted by Gasteiger charge is 2.39. The lowest BCUT2D eigenvalue weighted by Gasteiger charge is -2.37. The normalized spacial score (nSPS) is 16.4. The number of hydrogen-bond donors (Lipinski definition) is 1. The Morgan fingerprint density at radius 1 is 0.733 bits per heavy atom. The van der Waals surface area contributed by atoms with Crippen LogP contribution in [0.2, 0.25) is 0 Å². The van der Waals surface area contributed by atoms with E-state index in [0.29, 0.717) is 0 Å². The SMILES string of the molecule is C1=Cc2oc3cc(-n4c5c(c6ccccc64)-c4ccccc4C(Nc4ccccc4)C5c4ccccc4)ccc3c2CC1.CC. The van der Waals surface area contributed by atoms with Gasteiger partial charge >= 0.3 is 0 Å². The Kier molecular flexibility index (Phi) is 6.87. The molecule has 7 aromatic rings. The zero-order valence-electron chi connectivity index (χ0n) is 25.7. The summed E-state index contributed by atoms with van der Waals surface area (Å²) in [5.74, 6) is 1.06. The van der Waals surface area contributed by atoms with Crippen LogP contribution < -0.4 is 5.32 Å². The van der Waals surface area contributed by atoms with E-state index >= 15 is 0 Å². The lowest BCUT2D eigenvalue weighted by atomic mass is 9.74. The van der Waals surface area contributed by atoms with Crippen LogP contribution in [0.25, 0.3) is 44.8 Å². The van der Waals surface area contributed by atoms with Crippen molar-refractivity contribution in [3.8, 4) is 16.8 Å². The van der Waals surface area contributed by atoms with Gasteiger partial charge < -0.3 is 14.3 Å². The van der Waals surface area contributed by atoms with Crippen molar-refractivity contribution in [3.05, 3.63) is 162 Å². The summed E-state index contributed by atoms with van der Waals surface area (Å²) < 4.78 is 8.94. The maximum Gasteiger partial charge on any atom is 0.137 e. The molecule has 0 spiro atoms. The molecular formula is C42H36N2O. The molecule has 2 aliphatic carbocycles. The smallest absolute Gasteiger partial charge is 0.137 e. The van der Waals surface area contributed by atoms with Gasteiger partial charge in [0.15, 0.2) is 0 Å². The molecule has 0 bridgehead atoms. The van der Waals surface area contributed by atoms with Gasteiger partial charge in [-0.2, -0.15) is 0 Å². The highest BCUT2D eigenvalue weighted by Crippen LogP contribution is 2.54. The van der Waals surface area contributed by atoms with Crippen LogP contribution in [0.3, 0.4) is 0 Å². The van der Waals surface area contributed by atoms with Gasteiger partial charge in [-0.05, 0) is 65.9 Å². The van der Waals surface area contributed by atoms with Crippen LogP contribution in [-0.4, -0.2) is 4.57 Å². The summed E-state index contributed by atoms with van der Waals surface area (Å²) in [6.45, 7) is 4.00. The molecule has 0 fully saturated rings. The highest BCUT2D eigenvalue weighted by molar-refractivity contribution is 6.02. The van der Waals surface area contributed by atoms with E-state index in [1.807, 2.05) is 13.8 Å². The van der Waals surface area contributed by atoms with Crippen LogP contribution in [0.15, 0.2) is 138 Å². The topological polar surface area (TPSA) is 30.1 Å². The summed E-state index contributed by atoms with van der Waals surface area (Å²) in [5.41, 5.74) is 12.2. The number of aromatic nitrogens is 1. The zero-order chi connectivity index (χ0) is 30.3. The van der Waals surface area contributed by atoms with Crippen molar-refractivity contribution in [2.24, 2.45) is 0 Å². The van der Waals surface area contributed by atoms with E-state index in [1.165, 1.54) is 49.8 Å². The molecule has 0 saturated heterocycles. The monoisotopic (exact) mass is 584 g/mol. The maximum atomic E-state index is 6.44. The minimum atomic E-state index is 0.0290. The first-order valence-corrected chi connectivity index (χ1v) is 16.2. The van der Waals surface area contributed by atoms with Crippen LogP contribution in [0, 0.1) is 0 Å². The van der Waals surface area contributed by atoms with Crippen molar-refractivity contribution in [2.75, 3.05) is 5.32 Å². The fourth-order valence-corrected chi connectivity index (χ4v) is 7.44. The molecule has 0 saturated carbocycles. The van der Waals surface area contributed by atoms with E-state index in [0.717, 1.165) is 35.6 Å². The summed E-state index contributed by atoms with van der Waals surface area (Å²) >= 11 is 0. The Labute approximate surface area is 264 Å². The highest BCUT2D eigenvalue weighted by atomic mass is 16.3. The molecule has 2 aromatic heterocycles. The number of para-hydroxylation sites is 2. The quantitative estimate of drug-likeness (QED) is 0.223. The number of benzene rings is 5. The largest absolute Gasteiger partial charge is 0.456 e. The summed E-state index contributed by atoms with van der Waals surface area (Å²) in [5, 5.41) is 6.47. The molecule has 0 aliphatic heterocycles. The Morgan fingerprint density at radius 2 is 1.47 bits per heavy atom. The number of furan rings is 1. The number of aryl methyl sites for hydroxylation is 1. The Balaban J connectivity index is 0.00000147. The molecule has 3 nitrogen and oxygen atoms in total. The Bertz CT molecular complexity index is 2170. The second-order valence-corrected chi connectivity index (χ2v) is 11.6. The van der Waals surface area contributed by atoms with E-state index in [1.54, 1.807) is 0 Å². The first kappa shape index (κ1) is 27.3. The molecule has 0 amide bonds. The minimum absolute atomic E-state index is 0.0290. The number of allylic oxidation sites excluding steroid dienone is 1. The number of nitrogens with zero attached hydrogens (tertiary/aromatic N) is 1. The van der Waals surface area contributed by atoms with Crippen molar-refractivity contribution in [1.82, 2.24) is 4.57 Å². The number of rotatable bonds is 4. The third-order valence-corrected chi connectivity index (χ3v) is 9.26. The predicted octanol–water partition coefficient (Wildman–Crippen LogP) is 11.3. The first-order chi connectivity index (χ1) is 22.3. The van der Waals surface area contributed by atoms with Gasteiger partial charge in [0.05, 0.1) is 11.6 Å². The molecule has 9 rings (SSSR count). The van der Waals surface area contributed by atoms with E-state index in [4.69, 9.17) is 4.42 Å². The summed E-state index contributed by atoms with van der Waals surface area (Å²) in [4.78, 5) is 0. The molecular weight excluding hydrogens is 548 g/mol. The molecule has 2 unspecified atom stereocenters. The molecule has 2 heterocycles. The standard InChI is InChI=1S/C40H30N2O.C2H6/c1-3-13-26(14-4-1)37-39(41-27-15-5-2-6-16-27)32-19-8-7-18-31(32)38-33-20-9-11-21-34(33)42(40(37)38)28-23-24-30-29-17-10-12-22-35(29)43-36(30)25-28;1-2/h1-9,11-16,18-25,37,39,41H,10,17H2;1-2H3. The lowest BCUT2D eigenvalue weighted by Crippen LogP contribution is -2.26. The average Bonchev–Trinajstić information content (AvgIpc) is 3.66. The van der Waals surface area contributed by atoms with Crippen molar-refractivity contribution in [2.45, 2.75) is 38.6 Å². The van der Waals surface area contributed by atoms with E-state index in [9.17, 15) is 0 Å². The predicted molar refractivity (Wildman–Crippen MR) is 188 cm³/mol. The van der Waals surface area contributed by atoms with Gasteiger partial charge in [0.1, 0.15) is 11.3 Å². The van der Waals surface area contributed by atoms with Gasteiger partial charge in [-0.1, -0.05) is 111 Å². The first-order valence-electron chi connectivity index (χ1n) is 16.2. The van der Waals surface area contributed by atoms with Crippen LogP contribution in [0.5, 0.6) is 0 Å². The van der Waals surface area contributed by atoms with E-state index < -0.39 is 0 Å². The van der Waals surface area contributed by atoms with Crippen molar-refractivity contribution in [1.29, 1.82) is 0 Å². The number of hydrogen-bond acceptors (Lipinski definition) is 2. The van der Waals surface area contributed by atoms with Gasteiger partial charge in [-0.3, -0.25) is 0 Å². The Morgan fingerprint density at radius 3 is 2.31 bits per heavy atom. The second-order valence-electron chi connectivity index (χ2n) is 11.6. The fraction of sp³-hybridized carbons (Fsp3) is 0.143. The van der Waals surface area contributed by atoms with E-state index in [2.05, 4.69) is 149 Å². The average molecular weight is 585 g/mol. The summed E-state index contributed by atoms with van der Waals surface area (Å²) in [6.07, 6.45) is 6.43. The zero-order valence-corrected chi connectivity index (χ0v) is 25.7. The van der Waals surface area contributed by atoms with Crippen molar-refractivity contribution >= 4 is 33.6 Å². The molecule has 1 N–H and O–H groups in total. The molecule has 45 heavy (non-hydrogen) atoms. The summed E-state index contributed by atoms with van der Waals surface area (Å²) in [6, 6.07) is 46.2. The number of nitrogens with one attached hydrogen (secondary N) is 1. The van der Waals surface area contributed by atoms with E-state index in [-0.39, 0.29) is 12.0 Å².